The van der Waals surface area contributed by atoms with Crippen LogP contribution in [-0.2, 0) is 0 Å². The van der Waals surface area contributed by atoms with Crippen LogP contribution in [0.2, 0.25) is 0 Å². The monoisotopic (exact) mass is 488 g/mol. The molecule has 1 fully saturated rings. The van der Waals surface area contributed by atoms with Crippen LogP contribution in [0.25, 0.3) is 55.8 Å². The maximum atomic E-state index is 6.20. The highest BCUT2D eigenvalue weighted by molar-refractivity contribution is 5.99. The van der Waals surface area contributed by atoms with Crippen LogP contribution in [0.15, 0.2) is 73.4 Å². The molecule has 0 aromatic carbocycles. The molecule has 0 aliphatic carbocycles. The minimum Gasteiger partial charge on any atom is -0.489 e. The van der Waals surface area contributed by atoms with Crippen molar-refractivity contribution < 1.29 is 4.74 Å². The van der Waals surface area contributed by atoms with Crippen LogP contribution in [0.4, 0.5) is 0 Å². The summed E-state index contributed by atoms with van der Waals surface area (Å²) in [6, 6.07) is 14.0. The highest BCUT2D eigenvalue weighted by Crippen LogP contribution is 2.33. The third-order valence-electron chi connectivity index (χ3n) is 6.74. The Kier molecular flexibility index (Phi) is 5.32. The molecule has 37 heavy (non-hydrogen) atoms. The molecule has 3 N–H and O–H groups in total. The zero-order valence-corrected chi connectivity index (χ0v) is 20.0. The average molecular weight is 489 g/mol. The molecule has 182 valence electrons. The van der Waals surface area contributed by atoms with Crippen molar-refractivity contribution in [3.8, 4) is 39.7 Å². The number of piperidine rings is 1. The van der Waals surface area contributed by atoms with Gasteiger partial charge in [-0.3, -0.25) is 20.1 Å². The van der Waals surface area contributed by atoms with Crippen LogP contribution in [0, 0.1) is 0 Å². The first-order valence-corrected chi connectivity index (χ1v) is 12.4. The zero-order valence-electron chi connectivity index (χ0n) is 20.0. The summed E-state index contributed by atoms with van der Waals surface area (Å²) < 4.78 is 6.20. The molecule has 0 spiro atoms. The normalized spacial score (nSPS) is 14.4. The SMILES string of the molecule is c1cncc(-c2nccc3[nH]c(-c4n[nH]c5ccc(-c6cncc(OC7CCNCC7)c6)nc45)cc23)c1. The number of hydrogen-bond donors (Lipinski definition) is 3. The van der Waals surface area contributed by atoms with Crippen molar-refractivity contribution in [1.82, 2.24) is 40.4 Å². The van der Waals surface area contributed by atoms with E-state index in [4.69, 9.17) is 9.72 Å². The van der Waals surface area contributed by atoms with E-state index in [9.17, 15) is 0 Å². The van der Waals surface area contributed by atoms with Gasteiger partial charge < -0.3 is 15.0 Å². The molecule has 1 saturated heterocycles. The largest absolute Gasteiger partial charge is 0.489 e. The van der Waals surface area contributed by atoms with Crippen LogP contribution in [0.5, 0.6) is 5.75 Å². The fourth-order valence-corrected chi connectivity index (χ4v) is 4.89. The number of hydrogen-bond acceptors (Lipinski definition) is 7. The van der Waals surface area contributed by atoms with Crippen molar-refractivity contribution in [3.05, 3.63) is 73.4 Å². The molecular formula is C28H24N8O. The summed E-state index contributed by atoms with van der Waals surface area (Å²) in [5, 5.41) is 12.1. The lowest BCUT2D eigenvalue weighted by Crippen LogP contribution is -2.34. The first-order chi connectivity index (χ1) is 18.3. The molecular weight excluding hydrogens is 464 g/mol. The maximum Gasteiger partial charge on any atom is 0.138 e. The van der Waals surface area contributed by atoms with Gasteiger partial charge in [0.25, 0.3) is 0 Å². The number of ether oxygens (including phenoxy) is 1. The topological polar surface area (TPSA) is 117 Å². The van der Waals surface area contributed by atoms with Crippen molar-refractivity contribution in [1.29, 1.82) is 0 Å². The summed E-state index contributed by atoms with van der Waals surface area (Å²) >= 11 is 0. The molecule has 1 aliphatic rings. The van der Waals surface area contributed by atoms with E-state index < -0.39 is 0 Å². The van der Waals surface area contributed by atoms with E-state index in [1.54, 1.807) is 18.6 Å². The molecule has 0 amide bonds. The number of pyridine rings is 4. The maximum absolute atomic E-state index is 6.20. The molecule has 9 heteroatoms. The van der Waals surface area contributed by atoms with E-state index in [1.807, 2.05) is 48.8 Å². The lowest BCUT2D eigenvalue weighted by molar-refractivity contribution is 0.162. The predicted octanol–water partition coefficient (Wildman–Crippen LogP) is 4.76. The molecule has 0 unspecified atom stereocenters. The van der Waals surface area contributed by atoms with Crippen molar-refractivity contribution in [2.24, 2.45) is 0 Å². The van der Waals surface area contributed by atoms with Gasteiger partial charge in [-0.05, 0) is 68.4 Å². The minimum atomic E-state index is 0.210. The average Bonchev–Trinajstić information content (AvgIpc) is 3.58. The molecule has 1 aliphatic heterocycles. The van der Waals surface area contributed by atoms with Crippen molar-refractivity contribution in [2.45, 2.75) is 18.9 Å². The Hall–Kier alpha value is -4.63. The first kappa shape index (κ1) is 21.6. The molecule has 0 radical (unpaired) electrons. The minimum absolute atomic E-state index is 0.210. The van der Waals surface area contributed by atoms with Crippen LogP contribution in [0.1, 0.15) is 12.8 Å². The Balaban J connectivity index is 1.26. The summed E-state index contributed by atoms with van der Waals surface area (Å²) in [6.45, 7) is 1.96. The number of rotatable bonds is 5. The number of nitrogens with one attached hydrogen (secondary N) is 3. The van der Waals surface area contributed by atoms with Gasteiger partial charge >= 0.3 is 0 Å². The third kappa shape index (κ3) is 4.09. The smallest absolute Gasteiger partial charge is 0.138 e. The van der Waals surface area contributed by atoms with Crippen LogP contribution >= 0.6 is 0 Å². The van der Waals surface area contributed by atoms with Crippen molar-refractivity contribution in [2.75, 3.05) is 13.1 Å². The Labute approximate surface area is 212 Å². The second-order valence-corrected chi connectivity index (χ2v) is 9.19. The first-order valence-electron chi connectivity index (χ1n) is 12.4. The Morgan fingerprint density at radius 1 is 0.838 bits per heavy atom. The molecule has 7 rings (SSSR count). The Morgan fingerprint density at radius 3 is 2.65 bits per heavy atom. The zero-order chi connectivity index (χ0) is 24.6. The molecule has 7 heterocycles. The highest BCUT2D eigenvalue weighted by Gasteiger charge is 2.17. The van der Waals surface area contributed by atoms with E-state index in [2.05, 4.69) is 41.5 Å². The van der Waals surface area contributed by atoms with Crippen molar-refractivity contribution in [3.63, 3.8) is 0 Å². The number of fused-ring (bicyclic) bond motifs is 2. The second-order valence-electron chi connectivity index (χ2n) is 9.19. The summed E-state index contributed by atoms with van der Waals surface area (Å²) in [5.41, 5.74) is 7.78. The number of nitrogens with zero attached hydrogens (tertiary/aromatic N) is 5. The molecule has 9 nitrogen and oxygen atoms in total. The van der Waals surface area contributed by atoms with Gasteiger partial charge in [0.15, 0.2) is 0 Å². The molecule has 0 saturated carbocycles. The van der Waals surface area contributed by atoms with E-state index in [-0.39, 0.29) is 6.10 Å². The van der Waals surface area contributed by atoms with Gasteiger partial charge in [-0.15, -0.1) is 0 Å². The predicted molar refractivity (Wildman–Crippen MR) is 142 cm³/mol. The summed E-state index contributed by atoms with van der Waals surface area (Å²) in [6.07, 6.45) is 11.2. The van der Waals surface area contributed by atoms with Crippen LogP contribution in [0.3, 0.4) is 0 Å². The Morgan fingerprint density at radius 2 is 1.76 bits per heavy atom. The Bertz CT molecular complexity index is 1700. The van der Waals surface area contributed by atoms with E-state index in [0.29, 0.717) is 0 Å². The molecule has 6 aromatic heterocycles. The van der Waals surface area contributed by atoms with Gasteiger partial charge in [-0.2, -0.15) is 5.10 Å². The molecule has 0 atom stereocenters. The highest BCUT2D eigenvalue weighted by atomic mass is 16.5. The van der Waals surface area contributed by atoms with Gasteiger partial charge in [-0.25, -0.2) is 4.98 Å². The molecule has 6 aromatic rings. The lowest BCUT2D eigenvalue weighted by atomic mass is 10.1. The van der Waals surface area contributed by atoms with Gasteiger partial charge in [0.1, 0.15) is 23.1 Å². The van der Waals surface area contributed by atoms with E-state index >= 15 is 0 Å². The van der Waals surface area contributed by atoms with Crippen LogP contribution < -0.4 is 10.1 Å². The number of H-pyrrole nitrogens is 2. The number of aromatic amines is 2. The van der Waals surface area contributed by atoms with Gasteiger partial charge in [0.05, 0.1) is 28.8 Å². The van der Waals surface area contributed by atoms with E-state index in [1.165, 1.54) is 0 Å². The number of aromatic nitrogens is 7. The van der Waals surface area contributed by atoms with Gasteiger partial charge in [0, 0.05) is 46.8 Å². The summed E-state index contributed by atoms with van der Waals surface area (Å²) in [5.74, 6) is 0.768. The van der Waals surface area contributed by atoms with Crippen LogP contribution in [-0.4, -0.2) is 54.3 Å². The fourth-order valence-electron chi connectivity index (χ4n) is 4.89. The van der Waals surface area contributed by atoms with Gasteiger partial charge in [-0.1, -0.05) is 0 Å². The van der Waals surface area contributed by atoms with Crippen molar-refractivity contribution >= 4 is 21.9 Å². The second kappa shape index (κ2) is 9.11. The summed E-state index contributed by atoms with van der Waals surface area (Å²) in [4.78, 5) is 21.7. The quantitative estimate of drug-likeness (QED) is 0.320. The van der Waals surface area contributed by atoms with E-state index in [0.717, 1.165) is 87.5 Å². The lowest BCUT2D eigenvalue weighted by Gasteiger charge is -2.23. The standard InChI is InChI=1S/C28H24N8O/c1-2-17(14-30-8-1)26-21-13-25(33-23(21)7-11-32-26)28-27-24(35-36-28)4-3-22(34-27)18-12-20(16-31-15-18)37-19-5-9-29-10-6-19/h1-4,7-8,11-16,19,29,33H,5-6,9-10H2,(H,35,36). The summed E-state index contributed by atoms with van der Waals surface area (Å²) in [7, 11) is 0. The molecule has 0 bridgehead atoms. The van der Waals surface area contributed by atoms with Gasteiger partial charge in [0.2, 0.25) is 0 Å². The third-order valence-corrected chi connectivity index (χ3v) is 6.74. The fraction of sp³-hybridized carbons (Fsp3) is 0.179.